The van der Waals surface area contributed by atoms with Gasteiger partial charge in [0.25, 0.3) is 0 Å². The summed E-state index contributed by atoms with van der Waals surface area (Å²) < 4.78 is 10.3. The first-order valence-corrected chi connectivity index (χ1v) is 11.4. The molecule has 0 amide bonds. The number of ether oxygens (including phenoxy) is 2. The van der Waals surface area contributed by atoms with E-state index in [0.29, 0.717) is 6.61 Å². The zero-order chi connectivity index (χ0) is 21.4. The smallest absolute Gasteiger partial charge is 0.330 e. The highest BCUT2D eigenvalue weighted by atomic mass is 16.6. The molecule has 1 unspecified atom stereocenters. The molecule has 2 N–H and O–H groups in total. The number of cyclic esters (lactones) is 1. The van der Waals surface area contributed by atoms with Gasteiger partial charge in [0.05, 0.1) is 13.2 Å². The molecule has 0 spiro atoms. The SMILES string of the molecule is CCCCCCCCCCCCCCOC(=O)/C=C/[C@@]1(C(O)CO)CCC(=O)O1. The van der Waals surface area contributed by atoms with Gasteiger partial charge < -0.3 is 19.7 Å². The summed E-state index contributed by atoms with van der Waals surface area (Å²) >= 11 is 0. The third kappa shape index (κ3) is 10.8. The number of aliphatic hydroxyl groups is 2. The van der Waals surface area contributed by atoms with E-state index >= 15 is 0 Å². The lowest BCUT2D eigenvalue weighted by Gasteiger charge is -2.28. The molecule has 0 aromatic rings. The fourth-order valence-corrected chi connectivity index (χ4v) is 3.60. The maximum Gasteiger partial charge on any atom is 0.330 e. The molecular weight excluding hydrogens is 372 g/mol. The first-order chi connectivity index (χ1) is 14.0. The molecule has 168 valence electrons. The Morgan fingerprint density at radius 2 is 1.62 bits per heavy atom. The summed E-state index contributed by atoms with van der Waals surface area (Å²) in [7, 11) is 0. The lowest BCUT2D eigenvalue weighted by Crippen LogP contribution is -2.42. The Labute approximate surface area is 175 Å². The van der Waals surface area contributed by atoms with E-state index in [9.17, 15) is 14.7 Å². The van der Waals surface area contributed by atoms with Gasteiger partial charge in [-0.05, 0) is 12.5 Å². The van der Waals surface area contributed by atoms with Crippen molar-refractivity contribution >= 4 is 11.9 Å². The number of unbranched alkanes of at least 4 members (excludes halogenated alkanes) is 11. The number of aliphatic hydroxyl groups excluding tert-OH is 2. The summed E-state index contributed by atoms with van der Waals surface area (Å²) in [6, 6.07) is 0. The van der Waals surface area contributed by atoms with Crippen LogP contribution in [0.3, 0.4) is 0 Å². The molecule has 1 fully saturated rings. The molecule has 6 heteroatoms. The van der Waals surface area contributed by atoms with Crippen LogP contribution in [0.25, 0.3) is 0 Å². The van der Waals surface area contributed by atoms with Gasteiger partial charge in [0.2, 0.25) is 0 Å². The Hall–Kier alpha value is -1.40. The topological polar surface area (TPSA) is 93.1 Å². The van der Waals surface area contributed by atoms with Crippen molar-refractivity contribution in [3.63, 3.8) is 0 Å². The van der Waals surface area contributed by atoms with E-state index in [1.807, 2.05) is 0 Å². The highest BCUT2D eigenvalue weighted by Gasteiger charge is 2.44. The Morgan fingerprint density at radius 3 is 2.10 bits per heavy atom. The standard InChI is InChI=1S/C23H40O6/c1-2-3-4-5-6-7-8-9-10-11-12-13-18-28-21(26)14-16-23(20(25)19-24)17-15-22(27)29-23/h14,16,20,24-25H,2-13,15,17-19H2,1H3/b16-14+/t20?,23-/m0/s1. The van der Waals surface area contributed by atoms with Crippen molar-refractivity contribution in [1.29, 1.82) is 0 Å². The average Bonchev–Trinajstić information content (AvgIpc) is 3.11. The minimum atomic E-state index is -1.33. The van der Waals surface area contributed by atoms with Gasteiger partial charge in [-0.3, -0.25) is 4.79 Å². The van der Waals surface area contributed by atoms with E-state index < -0.39 is 30.3 Å². The number of hydrogen-bond acceptors (Lipinski definition) is 6. The van der Waals surface area contributed by atoms with Crippen molar-refractivity contribution in [3.05, 3.63) is 12.2 Å². The molecule has 0 bridgehead atoms. The second kappa shape index (κ2) is 15.4. The normalized spacial score (nSPS) is 20.2. The molecule has 0 aromatic heterocycles. The van der Waals surface area contributed by atoms with E-state index in [-0.39, 0.29) is 12.8 Å². The Kier molecular flexibility index (Phi) is 13.7. The van der Waals surface area contributed by atoms with Crippen LogP contribution >= 0.6 is 0 Å². The van der Waals surface area contributed by atoms with E-state index in [1.54, 1.807) is 0 Å². The van der Waals surface area contributed by atoms with Gasteiger partial charge >= 0.3 is 11.9 Å². The fourth-order valence-electron chi connectivity index (χ4n) is 3.60. The van der Waals surface area contributed by atoms with Gasteiger partial charge in [-0.25, -0.2) is 4.79 Å². The molecule has 2 atom stereocenters. The Bertz CT molecular complexity index is 490. The highest BCUT2D eigenvalue weighted by Crippen LogP contribution is 2.31. The molecule has 6 nitrogen and oxygen atoms in total. The Morgan fingerprint density at radius 1 is 1.07 bits per heavy atom. The summed E-state index contributed by atoms with van der Waals surface area (Å²) in [5.74, 6) is -0.979. The van der Waals surface area contributed by atoms with Gasteiger partial charge in [0.1, 0.15) is 6.10 Å². The maximum atomic E-state index is 11.8. The van der Waals surface area contributed by atoms with Crippen LogP contribution in [-0.4, -0.2) is 47.1 Å². The summed E-state index contributed by atoms with van der Waals surface area (Å²) in [5.41, 5.74) is -1.33. The molecule has 0 aromatic carbocycles. The van der Waals surface area contributed by atoms with Gasteiger partial charge in [0.15, 0.2) is 5.60 Å². The quantitative estimate of drug-likeness (QED) is 0.211. The van der Waals surface area contributed by atoms with Crippen molar-refractivity contribution < 1.29 is 29.3 Å². The molecule has 1 saturated heterocycles. The van der Waals surface area contributed by atoms with Crippen LogP contribution in [0.1, 0.15) is 96.8 Å². The van der Waals surface area contributed by atoms with Gasteiger partial charge in [-0.1, -0.05) is 77.6 Å². The van der Waals surface area contributed by atoms with Crippen LogP contribution in [0.15, 0.2) is 12.2 Å². The predicted octanol–water partition coefficient (Wildman–Crippen LogP) is 4.22. The van der Waals surface area contributed by atoms with Gasteiger partial charge in [-0.15, -0.1) is 0 Å². The molecule has 29 heavy (non-hydrogen) atoms. The van der Waals surface area contributed by atoms with Crippen molar-refractivity contribution in [2.75, 3.05) is 13.2 Å². The Balaban J connectivity index is 2.05. The van der Waals surface area contributed by atoms with E-state index in [2.05, 4.69) is 6.92 Å². The van der Waals surface area contributed by atoms with E-state index in [4.69, 9.17) is 14.6 Å². The third-order valence-electron chi connectivity index (χ3n) is 5.50. The van der Waals surface area contributed by atoms with Crippen LogP contribution < -0.4 is 0 Å². The predicted molar refractivity (Wildman–Crippen MR) is 112 cm³/mol. The zero-order valence-electron chi connectivity index (χ0n) is 18.1. The number of esters is 2. The number of carbonyl (C=O) groups excluding carboxylic acids is 2. The van der Waals surface area contributed by atoms with Crippen LogP contribution in [0.4, 0.5) is 0 Å². The summed E-state index contributed by atoms with van der Waals surface area (Å²) in [4.78, 5) is 23.2. The second-order valence-corrected chi connectivity index (χ2v) is 8.02. The first-order valence-electron chi connectivity index (χ1n) is 11.4. The molecule has 0 radical (unpaired) electrons. The fraction of sp³-hybridized carbons (Fsp3) is 0.826. The van der Waals surface area contributed by atoms with Gasteiger partial charge in [0, 0.05) is 18.9 Å². The van der Waals surface area contributed by atoms with E-state index in [0.717, 1.165) is 19.3 Å². The maximum absolute atomic E-state index is 11.8. The highest BCUT2D eigenvalue weighted by molar-refractivity contribution is 5.82. The molecular formula is C23H40O6. The molecule has 1 heterocycles. The molecule has 0 saturated carbocycles. The second-order valence-electron chi connectivity index (χ2n) is 8.02. The van der Waals surface area contributed by atoms with Crippen LogP contribution in [0, 0.1) is 0 Å². The van der Waals surface area contributed by atoms with Crippen LogP contribution in [-0.2, 0) is 19.1 Å². The van der Waals surface area contributed by atoms with Crippen molar-refractivity contribution in [3.8, 4) is 0 Å². The van der Waals surface area contributed by atoms with E-state index in [1.165, 1.54) is 69.9 Å². The van der Waals surface area contributed by atoms with Crippen LogP contribution in [0.5, 0.6) is 0 Å². The zero-order valence-corrected chi connectivity index (χ0v) is 18.1. The number of hydrogen-bond donors (Lipinski definition) is 2. The average molecular weight is 413 g/mol. The number of rotatable bonds is 17. The van der Waals surface area contributed by atoms with Gasteiger partial charge in [-0.2, -0.15) is 0 Å². The molecule has 1 aliphatic heterocycles. The lowest BCUT2D eigenvalue weighted by atomic mass is 9.93. The minimum Gasteiger partial charge on any atom is -0.463 e. The van der Waals surface area contributed by atoms with Crippen LogP contribution in [0.2, 0.25) is 0 Å². The first kappa shape index (κ1) is 25.6. The molecule has 1 aliphatic rings. The monoisotopic (exact) mass is 412 g/mol. The largest absolute Gasteiger partial charge is 0.463 e. The summed E-state index contributed by atoms with van der Waals surface area (Å²) in [6.45, 7) is 2.05. The van der Waals surface area contributed by atoms with Crippen molar-refractivity contribution in [1.82, 2.24) is 0 Å². The third-order valence-corrected chi connectivity index (χ3v) is 5.50. The summed E-state index contributed by atoms with van der Waals surface area (Å²) in [5, 5.41) is 19.1. The summed E-state index contributed by atoms with van der Waals surface area (Å²) in [6.07, 6.45) is 16.6. The molecule has 1 rings (SSSR count). The minimum absolute atomic E-state index is 0.148. The van der Waals surface area contributed by atoms with Crippen molar-refractivity contribution in [2.45, 2.75) is 109 Å². The number of carbonyl (C=O) groups is 2. The molecule has 0 aliphatic carbocycles. The lowest BCUT2D eigenvalue weighted by molar-refractivity contribution is -0.154. The van der Waals surface area contributed by atoms with Crippen molar-refractivity contribution in [2.24, 2.45) is 0 Å².